The summed E-state index contributed by atoms with van der Waals surface area (Å²) >= 11 is 0. The molecule has 1 atom stereocenters. The highest BCUT2D eigenvalue weighted by Crippen LogP contribution is 2.15. The molecule has 0 spiro atoms. The second-order valence-corrected chi connectivity index (χ2v) is 5.23. The van der Waals surface area contributed by atoms with E-state index in [1.165, 1.54) is 12.1 Å². The maximum absolute atomic E-state index is 12.8. The Labute approximate surface area is 130 Å². The molecule has 0 aliphatic carbocycles. The Balaban J connectivity index is 1.89. The second kappa shape index (κ2) is 8.51. The molecule has 118 valence electrons. The monoisotopic (exact) mass is 303 g/mol. The van der Waals surface area contributed by atoms with Crippen molar-refractivity contribution in [3.63, 3.8) is 0 Å². The van der Waals surface area contributed by atoms with Crippen molar-refractivity contribution >= 4 is 0 Å². The van der Waals surface area contributed by atoms with E-state index in [4.69, 9.17) is 4.74 Å². The number of ether oxygens (including phenoxy) is 1. The Bertz CT molecular complexity index is 568. The molecule has 0 aromatic heterocycles. The zero-order valence-corrected chi connectivity index (χ0v) is 12.8. The fourth-order valence-electron chi connectivity index (χ4n) is 2.09. The zero-order chi connectivity index (χ0) is 15.8. The van der Waals surface area contributed by atoms with Gasteiger partial charge in [-0.2, -0.15) is 0 Å². The van der Waals surface area contributed by atoms with Crippen molar-refractivity contribution in [2.45, 2.75) is 32.5 Å². The van der Waals surface area contributed by atoms with Crippen molar-refractivity contribution in [1.29, 1.82) is 0 Å². The molecule has 0 aliphatic heterocycles. The largest absolute Gasteiger partial charge is 0.489 e. The summed E-state index contributed by atoms with van der Waals surface area (Å²) in [6.07, 6.45) is 0.886. The van der Waals surface area contributed by atoms with Gasteiger partial charge >= 0.3 is 0 Å². The highest BCUT2D eigenvalue weighted by molar-refractivity contribution is 5.29. The van der Waals surface area contributed by atoms with Crippen LogP contribution in [0.1, 0.15) is 24.5 Å². The van der Waals surface area contributed by atoms with Gasteiger partial charge in [0.05, 0.1) is 6.61 Å². The smallest absolute Gasteiger partial charge is 0.123 e. The van der Waals surface area contributed by atoms with Crippen molar-refractivity contribution < 1.29 is 14.2 Å². The van der Waals surface area contributed by atoms with Crippen LogP contribution in [-0.4, -0.2) is 17.8 Å². The van der Waals surface area contributed by atoms with Crippen LogP contribution >= 0.6 is 0 Å². The molecule has 22 heavy (non-hydrogen) atoms. The van der Waals surface area contributed by atoms with Crippen molar-refractivity contribution in [2.75, 3.05) is 6.61 Å². The first-order chi connectivity index (χ1) is 10.7. The van der Waals surface area contributed by atoms with Gasteiger partial charge < -0.3 is 15.2 Å². The summed E-state index contributed by atoms with van der Waals surface area (Å²) in [5, 5.41) is 12.5. The Kier molecular flexibility index (Phi) is 6.37. The van der Waals surface area contributed by atoms with E-state index >= 15 is 0 Å². The first-order valence-corrected chi connectivity index (χ1v) is 7.51. The van der Waals surface area contributed by atoms with Crippen LogP contribution in [0.5, 0.6) is 5.75 Å². The molecular formula is C18H22FNO2. The van der Waals surface area contributed by atoms with Crippen LogP contribution in [0.25, 0.3) is 0 Å². The molecule has 2 N–H and O–H groups in total. The highest BCUT2D eigenvalue weighted by Gasteiger charge is 2.04. The van der Waals surface area contributed by atoms with E-state index in [1.807, 2.05) is 31.2 Å². The first-order valence-electron chi connectivity index (χ1n) is 7.51. The number of nitrogens with one attached hydrogen (secondary N) is 1. The van der Waals surface area contributed by atoms with Crippen molar-refractivity contribution in [1.82, 2.24) is 5.32 Å². The Hall–Kier alpha value is -1.91. The third kappa shape index (κ3) is 5.13. The van der Waals surface area contributed by atoms with Gasteiger partial charge in [0, 0.05) is 12.6 Å². The molecular weight excluding hydrogens is 281 g/mol. The lowest BCUT2D eigenvalue weighted by Crippen LogP contribution is -2.31. The van der Waals surface area contributed by atoms with Crippen molar-refractivity contribution in [3.8, 4) is 5.75 Å². The quantitative estimate of drug-likeness (QED) is 0.786. The Morgan fingerprint density at radius 2 is 1.91 bits per heavy atom. The summed E-state index contributed by atoms with van der Waals surface area (Å²) < 4.78 is 18.6. The fraction of sp³-hybridized carbons (Fsp3) is 0.333. The fourth-order valence-corrected chi connectivity index (χ4v) is 2.09. The predicted molar refractivity (Wildman–Crippen MR) is 85.2 cm³/mol. The lowest BCUT2D eigenvalue weighted by molar-refractivity contribution is 0.238. The number of aliphatic hydroxyl groups is 1. The lowest BCUT2D eigenvalue weighted by Gasteiger charge is -2.14. The van der Waals surface area contributed by atoms with Gasteiger partial charge in [-0.25, -0.2) is 4.39 Å². The molecule has 0 radical (unpaired) electrons. The van der Waals surface area contributed by atoms with Crippen molar-refractivity contribution in [3.05, 3.63) is 65.5 Å². The van der Waals surface area contributed by atoms with E-state index in [-0.39, 0.29) is 18.5 Å². The van der Waals surface area contributed by atoms with E-state index in [0.29, 0.717) is 13.2 Å². The molecule has 0 amide bonds. The molecule has 0 saturated heterocycles. The number of hydrogen-bond donors (Lipinski definition) is 2. The summed E-state index contributed by atoms with van der Waals surface area (Å²) in [5.74, 6) is 0.534. The van der Waals surface area contributed by atoms with Crippen LogP contribution in [0.3, 0.4) is 0 Å². The molecule has 2 aromatic rings. The molecule has 0 aliphatic rings. The number of aliphatic hydroxyl groups excluding tert-OH is 1. The maximum atomic E-state index is 12.8. The van der Waals surface area contributed by atoms with Gasteiger partial charge in [0.2, 0.25) is 0 Å². The Morgan fingerprint density at radius 1 is 1.14 bits per heavy atom. The van der Waals surface area contributed by atoms with Crippen LogP contribution in [0.15, 0.2) is 48.5 Å². The number of halogens is 1. The van der Waals surface area contributed by atoms with Gasteiger partial charge in [-0.05, 0) is 41.8 Å². The van der Waals surface area contributed by atoms with Gasteiger partial charge in [0.1, 0.15) is 18.2 Å². The molecule has 0 saturated carbocycles. The van der Waals surface area contributed by atoms with E-state index in [9.17, 15) is 9.50 Å². The minimum absolute atomic E-state index is 0.115. The highest BCUT2D eigenvalue weighted by atomic mass is 19.1. The number of hydrogen-bond acceptors (Lipinski definition) is 3. The molecule has 2 aromatic carbocycles. The van der Waals surface area contributed by atoms with Gasteiger partial charge in [-0.3, -0.25) is 0 Å². The summed E-state index contributed by atoms with van der Waals surface area (Å²) in [5.41, 5.74) is 2.03. The van der Waals surface area contributed by atoms with E-state index in [2.05, 4.69) is 5.32 Å². The normalized spacial score (nSPS) is 12.1. The molecule has 3 nitrogen and oxygen atoms in total. The van der Waals surface area contributed by atoms with Crippen LogP contribution in [0.4, 0.5) is 4.39 Å². The van der Waals surface area contributed by atoms with Crippen LogP contribution in [0, 0.1) is 5.82 Å². The average molecular weight is 303 g/mol. The third-order valence-corrected chi connectivity index (χ3v) is 3.53. The molecule has 0 bridgehead atoms. The van der Waals surface area contributed by atoms with E-state index < -0.39 is 0 Å². The predicted octanol–water partition coefficient (Wildman–Crippen LogP) is 3.27. The average Bonchev–Trinajstić information content (AvgIpc) is 2.56. The third-order valence-electron chi connectivity index (χ3n) is 3.53. The lowest BCUT2D eigenvalue weighted by atomic mass is 10.2. The summed E-state index contributed by atoms with van der Waals surface area (Å²) in [4.78, 5) is 0. The molecule has 0 fully saturated rings. The number of benzene rings is 2. The minimum Gasteiger partial charge on any atom is -0.489 e. The first kappa shape index (κ1) is 16.5. The molecule has 0 unspecified atom stereocenters. The standard InChI is InChI=1S/C18H22FNO2/c1-2-17(12-21)20-11-15-4-3-5-18(10-15)22-13-14-6-8-16(19)9-7-14/h3-10,17,20-21H,2,11-13H2,1H3/t17-/m0/s1. The van der Waals surface area contributed by atoms with Gasteiger partial charge in [-0.15, -0.1) is 0 Å². The maximum Gasteiger partial charge on any atom is 0.123 e. The summed E-state index contributed by atoms with van der Waals surface area (Å²) in [6.45, 7) is 3.27. The zero-order valence-electron chi connectivity index (χ0n) is 12.8. The topological polar surface area (TPSA) is 41.5 Å². The van der Waals surface area contributed by atoms with Gasteiger partial charge in [0.25, 0.3) is 0 Å². The second-order valence-electron chi connectivity index (χ2n) is 5.23. The van der Waals surface area contributed by atoms with Gasteiger partial charge in [-0.1, -0.05) is 31.2 Å². The molecule has 4 heteroatoms. The van der Waals surface area contributed by atoms with E-state index in [0.717, 1.165) is 23.3 Å². The molecule has 2 rings (SSSR count). The van der Waals surface area contributed by atoms with Crippen molar-refractivity contribution in [2.24, 2.45) is 0 Å². The van der Waals surface area contributed by atoms with Crippen LogP contribution in [-0.2, 0) is 13.2 Å². The Morgan fingerprint density at radius 3 is 2.59 bits per heavy atom. The SMILES string of the molecule is CC[C@@H](CO)NCc1cccc(OCc2ccc(F)cc2)c1. The minimum atomic E-state index is -0.244. The van der Waals surface area contributed by atoms with Crippen LogP contribution in [0.2, 0.25) is 0 Å². The van der Waals surface area contributed by atoms with Gasteiger partial charge in [0.15, 0.2) is 0 Å². The molecule has 0 heterocycles. The van der Waals surface area contributed by atoms with E-state index in [1.54, 1.807) is 12.1 Å². The number of rotatable bonds is 8. The summed E-state index contributed by atoms with van der Waals surface area (Å²) in [6, 6.07) is 14.2. The summed E-state index contributed by atoms with van der Waals surface area (Å²) in [7, 11) is 0. The van der Waals surface area contributed by atoms with Crippen LogP contribution < -0.4 is 10.1 Å².